The summed E-state index contributed by atoms with van der Waals surface area (Å²) in [5.74, 6) is -1.33. The van der Waals surface area contributed by atoms with E-state index >= 15 is 0 Å². The molecule has 24 heavy (non-hydrogen) atoms. The molecular formula is C16H12BrN3O4. The minimum absolute atomic E-state index is 0.00178. The second-order valence-electron chi connectivity index (χ2n) is 4.93. The number of aromatic nitrogens is 2. The molecule has 3 rings (SSSR count). The molecule has 2 aromatic rings. The van der Waals surface area contributed by atoms with Crippen molar-refractivity contribution >= 4 is 33.6 Å². The summed E-state index contributed by atoms with van der Waals surface area (Å²) in [6.07, 6.45) is 1.64. The van der Waals surface area contributed by atoms with Gasteiger partial charge in [-0.15, -0.1) is 0 Å². The number of aliphatic imine (C=N–C) groups is 1. The maximum atomic E-state index is 12.3. The third-order valence-electron chi connectivity index (χ3n) is 3.57. The van der Waals surface area contributed by atoms with Crippen LogP contribution in [0.5, 0.6) is 0 Å². The third-order valence-corrected chi connectivity index (χ3v) is 3.98. The number of carbonyl (C=O) groups is 2. The monoisotopic (exact) mass is 389 g/mol. The second kappa shape index (κ2) is 6.12. The Bertz CT molecular complexity index is 854. The van der Waals surface area contributed by atoms with Crippen molar-refractivity contribution in [3.8, 4) is 11.4 Å². The summed E-state index contributed by atoms with van der Waals surface area (Å²) < 4.78 is 9.98. The Hall–Kier alpha value is -2.61. The van der Waals surface area contributed by atoms with Crippen molar-refractivity contribution in [3.05, 3.63) is 46.7 Å². The molecule has 0 radical (unpaired) electrons. The summed E-state index contributed by atoms with van der Waals surface area (Å²) >= 11 is 3.32. The summed E-state index contributed by atoms with van der Waals surface area (Å²) in [7, 11) is 2.47. The number of hydrogen-bond donors (Lipinski definition) is 0. The van der Waals surface area contributed by atoms with Gasteiger partial charge in [0.2, 0.25) is 5.54 Å². The number of nitrogens with zero attached hydrogens (tertiary/aromatic N) is 3. The number of hydrogen-bond acceptors (Lipinski definition) is 7. The summed E-state index contributed by atoms with van der Waals surface area (Å²) in [6.45, 7) is 0. The lowest BCUT2D eigenvalue weighted by molar-refractivity contribution is -0.144. The van der Waals surface area contributed by atoms with E-state index in [1.807, 2.05) is 6.07 Å². The Labute approximate surface area is 145 Å². The van der Waals surface area contributed by atoms with Crippen molar-refractivity contribution in [2.75, 3.05) is 14.2 Å². The standard InChI is InChI=1S/C16H12BrN3O4/c1-23-14(21)13-16(20-13,15(22)24-2)9-7-11(19-12(17)8-9)10-5-3-4-6-18-10/h3-8H,1-2H3. The number of ether oxygens (including phenoxy) is 2. The van der Waals surface area contributed by atoms with Crippen molar-refractivity contribution < 1.29 is 19.1 Å². The zero-order chi connectivity index (χ0) is 17.3. The van der Waals surface area contributed by atoms with Gasteiger partial charge in [0, 0.05) is 11.8 Å². The van der Waals surface area contributed by atoms with Crippen LogP contribution in [0.2, 0.25) is 0 Å². The lowest BCUT2D eigenvalue weighted by Crippen LogP contribution is -2.33. The minimum Gasteiger partial charge on any atom is -0.467 e. The predicted octanol–water partition coefficient (Wildman–Crippen LogP) is 1.90. The van der Waals surface area contributed by atoms with Crippen molar-refractivity contribution in [2.24, 2.45) is 4.99 Å². The zero-order valence-electron chi connectivity index (χ0n) is 12.8. The first-order valence-corrected chi connectivity index (χ1v) is 7.68. The van der Waals surface area contributed by atoms with Gasteiger partial charge in [-0.2, -0.15) is 0 Å². The van der Waals surface area contributed by atoms with E-state index in [1.165, 1.54) is 14.2 Å². The van der Waals surface area contributed by atoms with Crippen molar-refractivity contribution in [1.29, 1.82) is 0 Å². The lowest BCUT2D eigenvalue weighted by atomic mass is 9.93. The van der Waals surface area contributed by atoms with E-state index in [-0.39, 0.29) is 5.71 Å². The van der Waals surface area contributed by atoms with E-state index in [4.69, 9.17) is 4.74 Å². The van der Waals surface area contributed by atoms with Gasteiger partial charge in [-0.25, -0.2) is 19.6 Å². The van der Waals surface area contributed by atoms with Gasteiger partial charge in [-0.3, -0.25) is 4.98 Å². The van der Waals surface area contributed by atoms with E-state index < -0.39 is 17.5 Å². The van der Waals surface area contributed by atoms with Crippen molar-refractivity contribution in [3.63, 3.8) is 0 Å². The van der Waals surface area contributed by atoms with Gasteiger partial charge < -0.3 is 9.47 Å². The van der Waals surface area contributed by atoms with Crippen LogP contribution in [0.25, 0.3) is 11.4 Å². The van der Waals surface area contributed by atoms with Crippen molar-refractivity contribution in [1.82, 2.24) is 9.97 Å². The van der Waals surface area contributed by atoms with Gasteiger partial charge in [-0.1, -0.05) is 6.07 Å². The highest BCUT2D eigenvalue weighted by molar-refractivity contribution is 9.10. The number of halogens is 1. The van der Waals surface area contributed by atoms with E-state index in [9.17, 15) is 9.59 Å². The molecule has 0 aromatic carbocycles. The van der Waals surface area contributed by atoms with Crippen molar-refractivity contribution in [2.45, 2.75) is 5.54 Å². The van der Waals surface area contributed by atoms with Crippen LogP contribution in [0.3, 0.4) is 0 Å². The number of esters is 2. The highest BCUT2D eigenvalue weighted by Gasteiger charge is 2.61. The van der Waals surface area contributed by atoms with Gasteiger partial charge in [-0.05, 0) is 40.2 Å². The molecule has 0 bridgehead atoms. The van der Waals surface area contributed by atoms with Gasteiger partial charge in [0.25, 0.3) is 0 Å². The number of methoxy groups -OCH3 is 2. The van der Waals surface area contributed by atoms with E-state index in [2.05, 4.69) is 35.6 Å². The van der Waals surface area contributed by atoms with Gasteiger partial charge >= 0.3 is 11.9 Å². The van der Waals surface area contributed by atoms with Crippen LogP contribution in [0.1, 0.15) is 5.56 Å². The molecule has 0 fully saturated rings. The molecule has 7 nitrogen and oxygen atoms in total. The maximum absolute atomic E-state index is 12.3. The molecule has 1 aliphatic rings. The molecule has 1 unspecified atom stereocenters. The number of pyridine rings is 2. The molecule has 0 amide bonds. The maximum Gasteiger partial charge on any atom is 0.355 e. The Kier molecular flexibility index (Phi) is 4.15. The Morgan fingerprint density at radius 3 is 2.54 bits per heavy atom. The number of carbonyl (C=O) groups excluding carboxylic acids is 2. The first-order valence-electron chi connectivity index (χ1n) is 6.89. The first-order chi connectivity index (χ1) is 11.5. The predicted molar refractivity (Wildman–Crippen MR) is 88.3 cm³/mol. The SMILES string of the molecule is COC(=O)C1=NC1(C(=O)OC)c1cc(Br)nc(-c2ccccn2)c1. The van der Waals surface area contributed by atoms with E-state index in [0.717, 1.165) is 0 Å². The fourth-order valence-corrected chi connectivity index (χ4v) is 2.83. The summed E-state index contributed by atoms with van der Waals surface area (Å²) in [4.78, 5) is 36.8. The number of rotatable bonds is 4. The Morgan fingerprint density at radius 2 is 1.92 bits per heavy atom. The summed E-state index contributed by atoms with van der Waals surface area (Å²) in [5, 5.41) is 0. The molecule has 1 atom stereocenters. The van der Waals surface area contributed by atoms with Gasteiger partial charge in [0.15, 0.2) is 5.71 Å². The fraction of sp³-hybridized carbons (Fsp3) is 0.188. The molecule has 2 aromatic heterocycles. The quantitative estimate of drug-likeness (QED) is 0.585. The molecule has 8 heteroatoms. The Morgan fingerprint density at radius 1 is 1.12 bits per heavy atom. The Balaban J connectivity index is 2.09. The van der Waals surface area contributed by atoms with Crippen LogP contribution in [0.4, 0.5) is 0 Å². The highest BCUT2D eigenvalue weighted by Crippen LogP contribution is 2.42. The van der Waals surface area contributed by atoms with Crippen LogP contribution in [0.15, 0.2) is 46.1 Å². The molecule has 3 heterocycles. The molecular weight excluding hydrogens is 378 g/mol. The molecule has 1 aliphatic heterocycles. The highest BCUT2D eigenvalue weighted by atomic mass is 79.9. The van der Waals surface area contributed by atoms with Crippen LogP contribution < -0.4 is 0 Å². The van der Waals surface area contributed by atoms with Crippen LogP contribution in [-0.2, 0) is 24.6 Å². The normalized spacial score (nSPS) is 18.5. The first kappa shape index (κ1) is 16.3. The summed E-state index contributed by atoms with van der Waals surface area (Å²) in [5.41, 5.74) is 0.130. The average molecular weight is 390 g/mol. The third kappa shape index (κ3) is 2.58. The molecule has 0 N–H and O–H groups in total. The van der Waals surface area contributed by atoms with Crippen LogP contribution >= 0.6 is 15.9 Å². The molecule has 0 saturated heterocycles. The molecule has 0 aliphatic carbocycles. The average Bonchev–Trinajstić information content (AvgIpc) is 3.37. The zero-order valence-corrected chi connectivity index (χ0v) is 14.4. The largest absolute Gasteiger partial charge is 0.467 e. The minimum atomic E-state index is -1.49. The smallest absolute Gasteiger partial charge is 0.355 e. The van der Waals surface area contributed by atoms with Gasteiger partial charge in [0.1, 0.15) is 4.60 Å². The van der Waals surface area contributed by atoms with Crippen LogP contribution in [0, 0.1) is 0 Å². The van der Waals surface area contributed by atoms with Gasteiger partial charge in [0.05, 0.1) is 25.6 Å². The fourth-order valence-electron chi connectivity index (χ4n) is 2.39. The topological polar surface area (TPSA) is 90.7 Å². The second-order valence-corrected chi connectivity index (χ2v) is 5.75. The molecule has 122 valence electrons. The molecule has 0 saturated carbocycles. The van der Waals surface area contributed by atoms with Crippen LogP contribution in [-0.4, -0.2) is 41.8 Å². The van der Waals surface area contributed by atoms with E-state index in [1.54, 1.807) is 30.5 Å². The summed E-state index contributed by atoms with van der Waals surface area (Å²) in [6, 6.07) is 8.68. The lowest BCUT2D eigenvalue weighted by Gasteiger charge is -2.14. The van der Waals surface area contributed by atoms with E-state index in [0.29, 0.717) is 21.6 Å². The molecule has 0 spiro atoms.